The van der Waals surface area contributed by atoms with Crippen molar-refractivity contribution in [3.05, 3.63) is 41.5 Å². The average molecular weight is 349 g/mol. The molecule has 24 heavy (non-hydrogen) atoms. The topological polar surface area (TPSA) is 52.3 Å². The second-order valence-electron chi connectivity index (χ2n) is 5.93. The fraction of sp³-hybridized carbons (Fsp3) is 0.438. The summed E-state index contributed by atoms with van der Waals surface area (Å²) in [5, 5.41) is 0. The van der Waals surface area contributed by atoms with Crippen LogP contribution in [0, 0.1) is 17.6 Å². The van der Waals surface area contributed by atoms with Crippen molar-refractivity contribution < 1.29 is 31.5 Å². The van der Waals surface area contributed by atoms with Crippen molar-refractivity contribution in [1.29, 1.82) is 0 Å². The third-order valence-electron chi connectivity index (χ3n) is 4.68. The van der Waals surface area contributed by atoms with E-state index in [1.54, 1.807) is 0 Å². The molecule has 1 amide bonds. The Hall–Kier alpha value is -1.96. The number of hydrogen-bond acceptors (Lipinski definition) is 2. The first-order chi connectivity index (χ1) is 11.0. The molecule has 1 fully saturated rings. The van der Waals surface area contributed by atoms with Gasteiger partial charge in [-0.3, -0.25) is 4.79 Å². The van der Waals surface area contributed by atoms with E-state index < -0.39 is 47.3 Å². The van der Waals surface area contributed by atoms with E-state index in [0.717, 1.165) is 25.1 Å². The number of carbonyl (C=O) groups excluding carboxylic acids is 1. The largest absolute Gasteiger partial charge is 0.417 e. The molecule has 132 valence electrons. The van der Waals surface area contributed by atoms with Gasteiger partial charge in [0.15, 0.2) is 17.2 Å². The summed E-state index contributed by atoms with van der Waals surface area (Å²) in [5.74, 6) is -6.00. The number of ether oxygens (including phenoxy) is 1. The van der Waals surface area contributed by atoms with Crippen molar-refractivity contribution in [2.24, 2.45) is 11.7 Å². The van der Waals surface area contributed by atoms with E-state index in [9.17, 15) is 26.7 Å². The highest BCUT2D eigenvalue weighted by molar-refractivity contribution is 5.81. The highest BCUT2D eigenvalue weighted by Gasteiger charge is 2.65. The Morgan fingerprint density at radius 3 is 2.42 bits per heavy atom. The number of halogens is 5. The molecule has 1 aromatic rings. The van der Waals surface area contributed by atoms with Gasteiger partial charge in [-0.05, 0) is 18.6 Å². The summed E-state index contributed by atoms with van der Waals surface area (Å²) in [6, 6.07) is 1.91. The predicted octanol–water partition coefficient (Wildman–Crippen LogP) is 3.53. The zero-order valence-corrected chi connectivity index (χ0v) is 13.0. The van der Waals surface area contributed by atoms with Crippen LogP contribution in [0.3, 0.4) is 0 Å². The van der Waals surface area contributed by atoms with Crippen LogP contribution in [-0.4, -0.2) is 23.8 Å². The summed E-state index contributed by atoms with van der Waals surface area (Å²) in [7, 11) is 0. The minimum Gasteiger partial charge on any atom is -0.367 e. The fourth-order valence-electron chi connectivity index (χ4n) is 3.12. The molecule has 1 heterocycles. The lowest BCUT2D eigenvalue weighted by atomic mass is 9.76. The molecular weight excluding hydrogens is 333 g/mol. The first kappa shape index (κ1) is 18.4. The van der Waals surface area contributed by atoms with Crippen LogP contribution in [0.15, 0.2) is 18.7 Å². The number of alkyl halides is 3. The van der Waals surface area contributed by atoms with Crippen LogP contribution in [0.1, 0.15) is 30.9 Å². The van der Waals surface area contributed by atoms with Crippen molar-refractivity contribution in [2.75, 3.05) is 0 Å². The molecule has 1 aliphatic rings. The lowest BCUT2D eigenvalue weighted by Crippen LogP contribution is -2.47. The summed E-state index contributed by atoms with van der Waals surface area (Å²) < 4.78 is 72.6. The van der Waals surface area contributed by atoms with Gasteiger partial charge < -0.3 is 10.5 Å². The number of rotatable bonds is 3. The minimum absolute atomic E-state index is 0.00632. The molecule has 0 bridgehead atoms. The Morgan fingerprint density at radius 2 is 1.96 bits per heavy atom. The Bertz CT molecular complexity index is 688. The van der Waals surface area contributed by atoms with Gasteiger partial charge in [-0.2, -0.15) is 13.2 Å². The molecule has 2 rings (SSSR count). The van der Waals surface area contributed by atoms with Crippen LogP contribution in [0.25, 0.3) is 6.08 Å². The summed E-state index contributed by atoms with van der Waals surface area (Å²) >= 11 is 0. The molecule has 1 aromatic carbocycles. The molecule has 1 unspecified atom stereocenters. The Kier molecular flexibility index (Phi) is 4.47. The third kappa shape index (κ3) is 2.58. The number of primary amides is 1. The highest BCUT2D eigenvalue weighted by Crippen LogP contribution is 2.53. The van der Waals surface area contributed by atoms with Gasteiger partial charge in [0.05, 0.1) is 0 Å². The van der Waals surface area contributed by atoms with Crippen molar-refractivity contribution >= 4 is 12.0 Å². The van der Waals surface area contributed by atoms with Gasteiger partial charge in [-0.25, -0.2) is 8.78 Å². The molecule has 0 spiro atoms. The standard InChI is InChI=1S/C16H16F5NO2/c1-4-8-9(5-6-10(17)12(8)18)11-7(2)15(3,16(19,20)21)24-13(11)14(22)23/h4-7,11,13H,1H2,2-3H3,(H2,22,23)/t7-,11?,13+,15+/m0/s1. The maximum Gasteiger partial charge on any atom is 0.417 e. The maximum absolute atomic E-state index is 14.0. The fourth-order valence-corrected chi connectivity index (χ4v) is 3.12. The van der Waals surface area contributed by atoms with Crippen LogP contribution < -0.4 is 5.73 Å². The van der Waals surface area contributed by atoms with Crippen molar-refractivity contribution in [2.45, 2.75) is 37.6 Å². The molecule has 3 nitrogen and oxygen atoms in total. The van der Waals surface area contributed by atoms with E-state index in [2.05, 4.69) is 6.58 Å². The zero-order chi connectivity index (χ0) is 18.4. The zero-order valence-electron chi connectivity index (χ0n) is 13.0. The molecule has 1 saturated heterocycles. The quantitative estimate of drug-likeness (QED) is 0.849. The number of hydrogen-bond donors (Lipinski definition) is 1. The van der Waals surface area contributed by atoms with Gasteiger partial charge in [0, 0.05) is 17.4 Å². The van der Waals surface area contributed by atoms with Crippen molar-refractivity contribution in [3.63, 3.8) is 0 Å². The molecular formula is C16H16F5NO2. The first-order valence-corrected chi connectivity index (χ1v) is 7.10. The molecule has 0 aliphatic carbocycles. The number of amides is 1. The van der Waals surface area contributed by atoms with Crippen LogP contribution in [0.2, 0.25) is 0 Å². The smallest absolute Gasteiger partial charge is 0.367 e. The molecule has 1 aliphatic heterocycles. The van der Waals surface area contributed by atoms with Gasteiger partial charge in [-0.15, -0.1) is 0 Å². The van der Waals surface area contributed by atoms with Crippen molar-refractivity contribution in [1.82, 2.24) is 0 Å². The number of benzene rings is 1. The lowest BCUT2D eigenvalue weighted by Gasteiger charge is -2.32. The van der Waals surface area contributed by atoms with E-state index >= 15 is 0 Å². The van der Waals surface area contributed by atoms with Gasteiger partial charge >= 0.3 is 6.18 Å². The van der Waals surface area contributed by atoms with E-state index in [-0.39, 0.29) is 11.1 Å². The van der Waals surface area contributed by atoms with E-state index in [4.69, 9.17) is 10.5 Å². The predicted molar refractivity (Wildman–Crippen MR) is 76.9 cm³/mol. The van der Waals surface area contributed by atoms with Gasteiger partial charge in [0.25, 0.3) is 0 Å². The normalized spacial score (nSPS) is 30.4. The Balaban J connectivity index is 2.66. The number of nitrogens with two attached hydrogens (primary N) is 1. The summed E-state index contributed by atoms with van der Waals surface area (Å²) in [4.78, 5) is 11.6. The van der Waals surface area contributed by atoms with Crippen LogP contribution in [0.5, 0.6) is 0 Å². The maximum atomic E-state index is 14.0. The van der Waals surface area contributed by atoms with E-state index in [1.165, 1.54) is 6.92 Å². The SMILES string of the molecule is C=Cc1c(C2[C@H](C(N)=O)O[C@@](C)(C(F)(F)F)[C@H]2C)ccc(F)c1F. The Labute approximate surface area is 135 Å². The molecule has 8 heteroatoms. The lowest BCUT2D eigenvalue weighted by molar-refractivity contribution is -0.272. The van der Waals surface area contributed by atoms with Crippen molar-refractivity contribution in [3.8, 4) is 0 Å². The highest BCUT2D eigenvalue weighted by atomic mass is 19.4. The summed E-state index contributed by atoms with van der Waals surface area (Å²) in [6.07, 6.45) is -5.42. The van der Waals surface area contributed by atoms with Crippen LogP contribution in [0.4, 0.5) is 22.0 Å². The molecule has 4 atom stereocenters. The van der Waals surface area contributed by atoms with Gasteiger partial charge in [-0.1, -0.05) is 25.6 Å². The summed E-state index contributed by atoms with van der Waals surface area (Å²) in [6.45, 7) is 5.40. The van der Waals surface area contributed by atoms with Crippen LogP contribution in [-0.2, 0) is 9.53 Å². The minimum atomic E-state index is -4.78. The monoisotopic (exact) mass is 349 g/mol. The Morgan fingerprint density at radius 1 is 1.38 bits per heavy atom. The molecule has 2 N–H and O–H groups in total. The summed E-state index contributed by atoms with van der Waals surface area (Å²) in [5.41, 5.74) is 2.22. The second-order valence-corrected chi connectivity index (χ2v) is 5.93. The van der Waals surface area contributed by atoms with E-state index in [0.29, 0.717) is 0 Å². The molecule has 0 aromatic heterocycles. The van der Waals surface area contributed by atoms with Crippen LogP contribution >= 0.6 is 0 Å². The second kappa shape index (κ2) is 5.84. The average Bonchev–Trinajstić information content (AvgIpc) is 2.75. The first-order valence-electron chi connectivity index (χ1n) is 7.10. The van der Waals surface area contributed by atoms with Gasteiger partial charge in [0.1, 0.15) is 6.10 Å². The van der Waals surface area contributed by atoms with E-state index in [1.807, 2.05) is 0 Å². The number of carbonyl (C=O) groups is 1. The third-order valence-corrected chi connectivity index (χ3v) is 4.68. The van der Waals surface area contributed by atoms with Gasteiger partial charge in [0.2, 0.25) is 5.91 Å². The molecule has 0 radical (unpaired) electrons. The molecule has 0 saturated carbocycles.